The Morgan fingerprint density at radius 2 is 1.88 bits per heavy atom. The third-order valence-corrected chi connectivity index (χ3v) is 4.44. The highest BCUT2D eigenvalue weighted by Gasteiger charge is 2.23. The van der Waals surface area contributed by atoms with E-state index < -0.39 is 0 Å². The quantitative estimate of drug-likeness (QED) is 0.567. The molecule has 1 aliphatic rings. The maximum absolute atomic E-state index is 6.02. The van der Waals surface area contributed by atoms with Gasteiger partial charge in [0, 0.05) is 11.9 Å². The molecule has 0 aromatic heterocycles. The summed E-state index contributed by atoms with van der Waals surface area (Å²) in [6.07, 6.45) is 7.00. The number of methoxy groups -OCH3 is 1. The van der Waals surface area contributed by atoms with Crippen molar-refractivity contribution < 1.29 is 9.47 Å². The summed E-state index contributed by atoms with van der Waals surface area (Å²) in [5, 5.41) is 0. The summed E-state index contributed by atoms with van der Waals surface area (Å²) in [4.78, 5) is 0.527. The van der Waals surface area contributed by atoms with Crippen molar-refractivity contribution in [3.8, 4) is 0 Å². The molecule has 0 N–H and O–H groups in total. The summed E-state index contributed by atoms with van der Waals surface area (Å²) < 4.78 is 11.4. The van der Waals surface area contributed by atoms with Gasteiger partial charge < -0.3 is 9.47 Å². The van der Waals surface area contributed by atoms with Gasteiger partial charge in [-0.1, -0.05) is 49.0 Å². The monoisotopic (exact) mass is 292 g/mol. The molecule has 2 nitrogen and oxygen atoms in total. The van der Waals surface area contributed by atoms with E-state index in [1.54, 1.807) is 7.11 Å². The minimum Gasteiger partial charge on any atom is -0.379 e. The van der Waals surface area contributed by atoms with Crippen LogP contribution in [0.5, 0.6) is 0 Å². The van der Waals surface area contributed by atoms with Crippen LogP contribution in [0.15, 0.2) is 0 Å². The van der Waals surface area contributed by atoms with Gasteiger partial charge in [0.25, 0.3) is 0 Å². The van der Waals surface area contributed by atoms with Crippen LogP contribution in [0.4, 0.5) is 0 Å². The Morgan fingerprint density at radius 3 is 2.50 bits per heavy atom. The van der Waals surface area contributed by atoms with Crippen LogP contribution < -0.4 is 0 Å². The highest BCUT2D eigenvalue weighted by atomic mass is 79.9. The number of halogens is 1. The van der Waals surface area contributed by atoms with E-state index in [-0.39, 0.29) is 6.10 Å². The average Bonchev–Trinajstić information content (AvgIpc) is 2.44. The van der Waals surface area contributed by atoms with Crippen LogP contribution >= 0.6 is 15.9 Å². The molecular weight excluding hydrogens is 268 g/mol. The van der Waals surface area contributed by atoms with Crippen molar-refractivity contribution in [2.24, 2.45) is 5.92 Å². The lowest BCUT2D eigenvalue weighted by molar-refractivity contribution is -0.0462. The second-order valence-corrected chi connectivity index (χ2v) is 6.22. The second-order valence-electron chi connectivity index (χ2n) is 5.04. The van der Waals surface area contributed by atoms with Crippen molar-refractivity contribution in [1.29, 1.82) is 0 Å². The molecule has 0 aromatic rings. The Balaban J connectivity index is 2.33. The topological polar surface area (TPSA) is 18.5 Å². The Morgan fingerprint density at radius 1 is 1.19 bits per heavy atom. The summed E-state index contributed by atoms with van der Waals surface area (Å²) in [5.74, 6) is 0.518. The van der Waals surface area contributed by atoms with E-state index in [1.807, 2.05) is 0 Å². The van der Waals surface area contributed by atoms with E-state index >= 15 is 0 Å². The molecule has 1 rings (SSSR count). The van der Waals surface area contributed by atoms with Crippen molar-refractivity contribution in [3.63, 3.8) is 0 Å². The van der Waals surface area contributed by atoms with Gasteiger partial charge in [-0.05, 0) is 18.8 Å². The second kappa shape index (κ2) is 7.67. The van der Waals surface area contributed by atoms with Gasteiger partial charge in [-0.2, -0.15) is 0 Å². The maximum atomic E-state index is 6.02. The van der Waals surface area contributed by atoms with Crippen LogP contribution in [0.1, 0.15) is 46.0 Å². The fourth-order valence-electron chi connectivity index (χ4n) is 2.17. The number of hydrogen-bond donors (Lipinski definition) is 0. The molecule has 0 aromatic carbocycles. The SMILES string of the molecule is COC(COC1CCCCCC1Br)C(C)C. The fraction of sp³-hybridized carbons (Fsp3) is 1.00. The van der Waals surface area contributed by atoms with E-state index in [1.165, 1.54) is 32.1 Å². The summed E-state index contributed by atoms with van der Waals surface area (Å²) in [7, 11) is 1.77. The molecule has 0 bridgehead atoms. The molecule has 1 aliphatic carbocycles. The minimum atomic E-state index is 0.225. The van der Waals surface area contributed by atoms with Gasteiger partial charge in [0.15, 0.2) is 0 Å². The average molecular weight is 293 g/mol. The smallest absolute Gasteiger partial charge is 0.0827 e. The zero-order valence-corrected chi connectivity index (χ0v) is 12.3. The molecular formula is C13H25BrO2. The van der Waals surface area contributed by atoms with E-state index in [9.17, 15) is 0 Å². The Labute approximate surface area is 108 Å². The van der Waals surface area contributed by atoms with Crippen LogP contribution in [0.25, 0.3) is 0 Å². The zero-order chi connectivity index (χ0) is 12.0. The van der Waals surface area contributed by atoms with Gasteiger partial charge in [-0.25, -0.2) is 0 Å². The first-order chi connectivity index (χ1) is 7.65. The van der Waals surface area contributed by atoms with Gasteiger partial charge >= 0.3 is 0 Å². The molecule has 0 spiro atoms. The van der Waals surface area contributed by atoms with Gasteiger partial charge in [0.2, 0.25) is 0 Å². The van der Waals surface area contributed by atoms with Crippen molar-refractivity contribution >= 4 is 15.9 Å². The van der Waals surface area contributed by atoms with Crippen LogP contribution in [-0.2, 0) is 9.47 Å². The summed E-state index contributed by atoms with van der Waals surface area (Å²) in [6.45, 7) is 5.08. The molecule has 0 amide bonds. The highest BCUT2D eigenvalue weighted by molar-refractivity contribution is 9.09. The number of hydrogen-bond acceptors (Lipinski definition) is 2. The molecule has 0 radical (unpaired) electrons. The van der Waals surface area contributed by atoms with E-state index in [0.717, 1.165) is 6.61 Å². The van der Waals surface area contributed by atoms with Crippen molar-refractivity contribution in [3.05, 3.63) is 0 Å². The Hall–Kier alpha value is 0.400. The standard InChI is InChI=1S/C13H25BrO2/c1-10(2)13(15-3)9-16-12-8-6-4-5-7-11(12)14/h10-13H,4-9H2,1-3H3. The van der Waals surface area contributed by atoms with Gasteiger partial charge in [0.05, 0.1) is 18.8 Å². The lowest BCUT2D eigenvalue weighted by atomic mass is 10.1. The predicted octanol–water partition coefficient (Wildman–Crippen LogP) is 3.77. The van der Waals surface area contributed by atoms with Crippen molar-refractivity contribution in [1.82, 2.24) is 0 Å². The minimum absolute atomic E-state index is 0.225. The molecule has 3 unspecified atom stereocenters. The lowest BCUT2D eigenvalue weighted by Gasteiger charge is -2.25. The molecule has 3 atom stereocenters. The lowest BCUT2D eigenvalue weighted by Crippen LogP contribution is -2.31. The Kier molecular flexibility index (Phi) is 6.94. The largest absolute Gasteiger partial charge is 0.379 e. The first-order valence-corrected chi connectivity index (χ1v) is 7.35. The third-order valence-electron chi connectivity index (χ3n) is 3.39. The highest BCUT2D eigenvalue weighted by Crippen LogP contribution is 2.26. The first-order valence-electron chi connectivity index (χ1n) is 6.43. The molecule has 1 saturated carbocycles. The zero-order valence-electron chi connectivity index (χ0n) is 10.7. The molecule has 1 fully saturated rings. The molecule has 96 valence electrons. The van der Waals surface area contributed by atoms with Crippen LogP contribution in [0.2, 0.25) is 0 Å². The number of rotatable bonds is 5. The fourth-order valence-corrected chi connectivity index (χ4v) is 2.91. The van der Waals surface area contributed by atoms with Crippen LogP contribution in [0.3, 0.4) is 0 Å². The predicted molar refractivity (Wildman–Crippen MR) is 71.2 cm³/mol. The summed E-state index contributed by atoms with van der Waals surface area (Å²) >= 11 is 3.75. The number of alkyl halides is 1. The van der Waals surface area contributed by atoms with Crippen molar-refractivity contribution in [2.45, 2.75) is 63.0 Å². The third kappa shape index (κ3) is 4.72. The molecule has 0 aliphatic heterocycles. The van der Waals surface area contributed by atoms with Gasteiger partial charge in [-0.15, -0.1) is 0 Å². The van der Waals surface area contributed by atoms with Gasteiger partial charge in [-0.3, -0.25) is 0 Å². The maximum Gasteiger partial charge on any atom is 0.0827 e. The van der Waals surface area contributed by atoms with Gasteiger partial charge in [0.1, 0.15) is 0 Å². The summed E-state index contributed by atoms with van der Waals surface area (Å²) in [6, 6.07) is 0. The normalized spacial score (nSPS) is 29.1. The molecule has 16 heavy (non-hydrogen) atoms. The van der Waals surface area contributed by atoms with E-state index in [2.05, 4.69) is 29.8 Å². The van der Waals surface area contributed by atoms with Crippen molar-refractivity contribution in [2.75, 3.05) is 13.7 Å². The molecule has 0 saturated heterocycles. The van der Waals surface area contributed by atoms with E-state index in [4.69, 9.17) is 9.47 Å². The Bertz CT molecular complexity index is 185. The van der Waals surface area contributed by atoms with Crippen LogP contribution in [0, 0.1) is 5.92 Å². The van der Waals surface area contributed by atoms with E-state index in [0.29, 0.717) is 16.8 Å². The van der Waals surface area contributed by atoms with Crippen LogP contribution in [-0.4, -0.2) is 30.8 Å². The number of ether oxygens (including phenoxy) is 2. The molecule has 0 heterocycles. The molecule has 3 heteroatoms. The summed E-state index contributed by atoms with van der Waals surface area (Å²) in [5.41, 5.74) is 0. The first kappa shape index (κ1) is 14.5.